The number of barbiturate groups is 1. The minimum Gasteiger partial charge on any atom is -0.497 e. The number of imide groups is 2. The molecule has 0 radical (unpaired) electrons. The van der Waals surface area contributed by atoms with E-state index >= 15 is 0 Å². The van der Waals surface area contributed by atoms with Crippen LogP contribution in [0.5, 0.6) is 5.75 Å². The number of urea groups is 1. The first-order valence-corrected chi connectivity index (χ1v) is 8.49. The molecule has 0 atom stereocenters. The van der Waals surface area contributed by atoms with Crippen molar-refractivity contribution in [3.8, 4) is 5.75 Å². The average molecular weight is 466 g/mol. The molecule has 0 saturated carbocycles. The number of ether oxygens (including phenoxy) is 1. The van der Waals surface area contributed by atoms with Crippen molar-refractivity contribution in [1.82, 2.24) is 5.32 Å². The number of rotatable bonds is 3. The van der Waals surface area contributed by atoms with Crippen LogP contribution in [-0.4, -0.2) is 25.0 Å². The van der Waals surface area contributed by atoms with E-state index in [0.29, 0.717) is 16.2 Å². The number of hydrogen-bond donors (Lipinski definition) is 1. The molecule has 0 unspecified atom stereocenters. The lowest BCUT2D eigenvalue weighted by Crippen LogP contribution is -2.54. The highest BCUT2D eigenvalue weighted by Gasteiger charge is 2.37. The van der Waals surface area contributed by atoms with Crippen molar-refractivity contribution in [2.75, 3.05) is 12.0 Å². The Balaban J connectivity index is 2.06. The Morgan fingerprint density at radius 2 is 1.88 bits per heavy atom. The summed E-state index contributed by atoms with van der Waals surface area (Å²) in [5.41, 5.74) is 0.0283. The average Bonchev–Trinajstić information content (AvgIpc) is 2.59. The van der Waals surface area contributed by atoms with Crippen molar-refractivity contribution in [2.24, 2.45) is 0 Å². The molecule has 1 aliphatic rings. The SMILES string of the molecule is COc1cc(I)cc(/C=C2/C(=O)NC(=O)N(c3ccccc3F)C2=O)c1. The highest BCUT2D eigenvalue weighted by Crippen LogP contribution is 2.26. The zero-order valence-electron chi connectivity index (χ0n) is 13.5. The van der Waals surface area contributed by atoms with Gasteiger partial charge in [-0.15, -0.1) is 0 Å². The lowest BCUT2D eigenvalue weighted by Gasteiger charge is -2.26. The zero-order chi connectivity index (χ0) is 18.8. The van der Waals surface area contributed by atoms with E-state index < -0.39 is 23.7 Å². The van der Waals surface area contributed by atoms with Crippen LogP contribution in [0.25, 0.3) is 6.08 Å². The van der Waals surface area contributed by atoms with E-state index in [0.717, 1.165) is 9.64 Å². The second kappa shape index (κ2) is 7.24. The van der Waals surface area contributed by atoms with Gasteiger partial charge in [-0.2, -0.15) is 0 Å². The number of para-hydroxylation sites is 1. The molecule has 26 heavy (non-hydrogen) atoms. The van der Waals surface area contributed by atoms with E-state index in [1.165, 1.54) is 31.4 Å². The summed E-state index contributed by atoms with van der Waals surface area (Å²) in [6.45, 7) is 0. The minimum atomic E-state index is -0.998. The third kappa shape index (κ3) is 3.45. The number of nitrogens with one attached hydrogen (secondary N) is 1. The highest BCUT2D eigenvalue weighted by molar-refractivity contribution is 14.1. The van der Waals surface area contributed by atoms with Gasteiger partial charge in [0.05, 0.1) is 12.8 Å². The van der Waals surface area contributed by atoms with E-state index in [2.05, 4.69) is 27.9 Å². The summed E-state index contributed by atoms with van der Waals surface area (Å²) in [5.74, 6) is -1.94. The lowest BCUT2D eigenvalue weighted by atomic mass is 10.1. The normalized spacial score (nSPS) is 16.0. The molecule has 4 amide bonds. The Kier molecular flexibility index (Phi) is 5.03. The maximum absolute atomic E-state index is 14.0. The van der Waals surface area contributed by atoms with Gasteiger partial charge in [0.15, 0.2) is 0 Å². The number of benzene rings is 2. The number of carbonyl (C=O) groups is 3. The first-order chi connectivity index (χ1) is 12.4. The molecule has 1 heterocycles. The second-order valence-electron chi connectivity index (χ2n) is 5.33. The maximum atomic E-state index is 14.0. The molecule has 0 bridgehead atoms. The molecule has 6 nitrogen and oxygen atoms in total. The summed E-state index contributed by atoms with van der Waals surface area (Å²) < 4.78 is 20.0. The summed E-state index contributed by atoms with van der Waals surface area (Å²) >= 11 is 2.07. The number of halogens is 2. The van der Waals surface area contributed by atoms with Crippen LogP contribution in [0.1, 0.15) is 5.56 Å². The number of anilines is 1. The van der Waals surface area contributed by atoms with E-state index in [1.54, 1.807) is 18.2 Å². The summed E-state index contributed by atoms with van der Waals surface area (Å²) in [6, 6.07) is 9.49. The molecule has 0 aromatic heterocycles. The van der Waals surface area contributed by atoms with Gasteiger partial charge >= 0.3 is 6.03 Å². The lowest BCUT2D eigenvalue weighted by molar-refractivity contribution is -0.122. The fourth-order valence-electron chi connectivity index (χ4n) is 2.46. The third-order valence-electron chi connectivity index (χ3n) is 3.64. The first-order valence-electron chi connectivity index (χ1n) is 7.41. The van der Waals surface area contributed by atoms with Crippen LogP contribution >= 0.6 is 22.6 Å². The predicted molar refractivity (Wildman–Crippen MR) is 101 cm³/mol. The standard InChI is InChI=1S/C18H12FIN2O4/c1-26-12-7-10(6-11(20)9-12)8-13-16(23)21-18(25)22(17(13)24)15-5-3-2-4-14(15)19/h2-9H,1H3,(H,21,23,25)/b13-8-. The minimum absolute atomic E-state index is 0.228. The number of carbonyl (C=O) groups excluding carboxylic acids is 3. The van der Waals surface area contributed by atoms with Crippen LogP contribution in [-0.2, 0) is 9.59 Å². The Hall–Kier alpha value is -2.75. The maximum Gasteiger partial charge on any atom is 0.336 e. The van der Waals surface area contributed by atoms with Gasteiger partial charge in [0.2, 0.25) is 0 Å². The van der Waals surface area contributed by atoms with Gasteiger partial charge in [0.25, 0.3) is 11.8 Å². The van der Waals surface area contributed by atoms with E-state index in [-0.39, 0.29) is 11.3 Å². The number of hydrogen-bond acceptors (Lipinski definition) is 4. The molecule has 132 valence electrons. The van der Waals surface area contributed by atoms with Crippen molar-refractivity contribution in [1.29, 1.82) is 0 Å². The molecule has 0 spiro atoms. The van der Waals surface area contributed by atoms with Crippen LogP contribution in [0.15, 0.2) is 48.0 Å². The summed E-state index contributed by atoms with van der Waals surface area (Å²) in [5, 5.41) is 2.06. The Bertz CT molecular complexity index is 958. The Morgan fingerprint density at radius 3 is 2.58 bits per heavy atom. The Morgan fingerprint density at radius 1 is 1.15 bits per heavy atom. The van der Waals surface area contributed by atoms with Crippen molar-refractivity contribution >= 4 is 52.2 Å². The van der Waals surface area contributed by atoms with Gasteiger partial charge in [-0.1, -0.05) is 12.1 Å². The van der Waals surface area contributed by atoms with Crippen LogP contribution in [0.2, 0.25) is 0 Å². The number of nitrogens with zero attached hydrogens (tertiary/aromatic N) is 1. The van der Waals surface area contributed by atoms with E-state index in [4.69, 9.17) is 4.74 Å². The van der Waals surface area contributed by atoms with Crippen molar-refractivity contribution in [3.63, 3.8) is 0 Å². The van der Waals surface area contributed by atoms with Gasteiger partial charge in [-0.3, -0.25) is 14.9 Å². The second-order valence-corrected chi connectivity index (χ2v) is 6.58. The van der Waals surface area contributed by atoms with E-state index in [1.807, 2.05) is 0 Å². The molecule has 2 aromatic carbocycles. The molecule has 3 rings (SSSR count). The fourth-order valence-corrected chi connectivity index (χ4v) is 3.13. The molecule has 8 heteroatoms. The van der Waals surface area contributed by atoms with Crippen molar-refractivity contribution in [3.05, 3.63) is 63.0 Å². The monoisotopic (exact) mass is 466 g/mol. The van der Waals surface area contributed by atoms with Crippen LogP contribution in [0.3, 0.4) is 0 Å². The predicted octanol–water partition coefficient (Wildman–Crippen LogP) is 3.11. The van der Waals surface area contributed by atoms with Gasteiger partial charge < -0.3 is 4.74 Å². The third-order valence-corrected chi connectivity index (χ3v) is 4.26. The molecular weight excluding hydrogens is 454 g/mol. The van der Waals surface area contributed by atoms with Gasteiger partial charge in [-0.05, 0) is 64.6 Å². The fraction of sp³-hybridized carbons (Fsp3) is 0.0556. The van der Waals surface area contributed by atoms with Crippen molar-refractivity contribution < 1.29 is 23.5 Å². The molecule has 1 saturated heterocycles. The summed E-state index contributed by atoms with van der Waals surface area (Å²) in [4.78, 5) is 37.5. The molecule has 1 aliphatic heterocycles. The van der Waals surface area contributed by atoms with E-state index in [9.17, 15) is 18.8 Å². The molecule has 0 aliphatic carbocycles. The Labute approximate surface area is 161 Å². The smallest absolute Gasteiger partial charge is 0.336 e. The molecular formula is C18H12FIN2O4. The highest BCUT2D eigenvalue weighted by atomic mass is 127. The summed E-state index contributed by atoms with van der Waals surface area (Å²) in [6.07, 6.45) is 1.34. The van der Waals surface area contributed by atoms with Crippen LogP contribution in [0, 0.1) is 9.39 Å². The van der Waals surface area contributed by atoms with Crippen LogP contribution in [0.4, 0.5) is 14.9 Å². The first kappa shape index (κ1) is 18.1. The largest absolute Gasteiger partial charge is 0.497 e. The quantitative estimate of drug-likeness (QED) is 0.429. The number of amides is 4. The molecule has 1 N–H and O–H groups in total. The molecule has 1 fully saturated rings. The zero-order valence-corrected chi connectivity index (χ0v) is 15.6. The topological polar surface area (TPSA) is 75.7 Å². The van der Waals surface area contributed by atoms with Gasteiger partial charge in [0.1, 0.15) is 17.1 Å². The number of methoxy groups -OCH3 is 1. The molecule has 2 aromatic rings. The summed E-state index contributed by atoms with van der Waals surface area (Å²) in [7, 11) is 1.50. The van der Waals surface area contributed by atoms with Gasteiger partial charge in [-0.25, -0.2) is 14.1 Å². The van der Waals surface area contributed by atoms with Gasteiger partial charge in [0, 0.05) is 3.57 Å². The van der Waals surface area contributed by atoms with Crippen molar-refractivity contribution in [2.45, 2.75) is 0 Å². The van der Waals surface area contributed by atoms with Crippen LogP contribution < -0.4 is 15.0 Å².